The fourth-order valence-electron chi connectivity index (χ4n) is 1.14. The van der Waals surface area contributed by atoms with Crippen LogP contribution >= 0.6 is 0 Å². The highest BCUT2D eigenvalue weighted by Gasteiger charge is 2.09. The number of hydrogen-bond donors (Lipinski definition) is 2. The number of aliphatic carboxylic acids is 1. The van der Waals surface area contributed by atoms with Gasteiger partial charge in [0.1, 0.15) is 18.6 Å². The summed E-state index contributed by atoms with van der Waals surface area (Å²) in [5.41, 5.74) is -0.104. The zero-order valence-corrected chi connectivity index (χ0v) is 6.97. The predicted molar refractivity (Wildman–Crippen MR) is 44.9 cm³/mol. The number of aromatic nitrogens is 4. The molecule has 7 heteroatoms. The molecule has 72 valence electrons. The van der Waals surface area contributed by atoms with Crippen molar-refractivity contribution in [3.8, 4) is 0 Å². The molecule has 0 saturated carbocycles. The smallest absolute Gasteiger partial charge is 0.311 e. The Balaban J connectivity index is 2.64. The van der Waals surface area contributed by atoms with Crippen LogP contribution in [0.4, 0.5) is 0 Å². The summed E-state index contributed by atoms with van der Waals surface area (Å²) < 4.78 is 1.22. The fourth-order valence-corrected chi connectivity index (χ4v) is 1.14. The second-order valence-corrected chi connectivity index (χ2v) is 2.66. The lowest BCUT2D eigenvalue weighted by molar-refractivity contribution is -0.136. The Morgan fingerprint density at radius 1 is 1.64 bits per heavy atom. The third kappa shape index (κ3) is 1.24. The van der Waals surface area contributed by atoms with E-state index in [4.69, 9.17) is 5.11 Å². The number of aromatic amines is 1. The molecule has 2 heterocycles. The molecule has 0 saturated heterocycles. The van der Waals surface area contributed by atoms with Crippen molar-refractivity contribution < 1.29 is 9.90 Å². The van der Waals surface area contributed by atoms with Gasteiger partial charge in [-0.25, -0.2) is 9.50 Å². The molecule has 0 aliphatic heterocycles. The predicted octanol–water partition coefficient (Wildman–Crippen LogP) is -0.955. The van der Waals surface area contributed by atoms with Crippen molar-refractivity contribution in [1.82, 2.24) is 19.6 Å². The molecule has 0 aliphatic rings. The van der Waals surface area contributed by atoms with Gasteiger partial charge in [-0.15, -0.1) is 0 Å². The van der Waals surface area contributed by atoms with Gasteiger partial charge in [0, 0.05) is 0 Å². The molecule has 2 aromatic rings. The van der Waals surface area contributed by atoms with Crippen molar-refractivity contribution in [2.24, 2.45) is 0 Å². The highest BCUT2D eigenvalue weighted by molar-refractivity contribution is 5.69. The Bertz CT molecular complexity index is 541. The number of fused-ring (bicyclic) bond motifs is 1. The molecule has 0 amide bonds. The Kier molecular flexibility index (Phi) is 1.77. The number of hydrogen-bond acceptors (Lipinski definition) is 4. The monoisotopic (exact) mass is 194 g/mol. The molecule has 0 bridgehead atoms. The van der Waals surface area contributed by atoms with Crippen molar-refractivity contribution in [3.63, 3.8) is 0 Å². The van der Waals surface area contributed by atoms with E-state index >= 15 is 0 Å². The van der Waals surface area contributed by atoms with Gasteiger partial charge < -0.3 is 10.1 Å². The van der Waals surface area contributed by atoms with Crippen molar-refractivity contribution in [3.05, 3.63) is 28.7 Å². The summed E-state index contributed by atoms with van der Waals surface area (Å²) >= 11 is 0. The molecule has 2 N–H and O–H groups in total. The molecule has 2 rings (SSSR count). The lowest BCUT2D eigenvalue weighted by Gasteiger charge is -1.94. The quantitative estimate of drug-likeness (QED) is 0.641. The average molecular weight is 194 g/mol. The maximum Gasteiger partial charge on any atom is 0.311 e. The first-order valence-corrected chi connectivity index (χ1v) is 3.80. The van der Waals surface area contributed by atoms with Gasteiger partial charge in [-0.2, -0.15) is 5.10 Å². The first-order valence-electron chi connectivity index (χ1n) is 3.80. The number of rotatable bonds is 2. The van der Waals surface area contributed by atoms with Crippen LogP contribution in [0, 0.1) is 0 Å². The second kappa shape index (κ2) is 2.95. The molecule has 0 aromatic carbocycles. The summed E-state index contributed by atoms with van der Waals surface area (Å²) in [6.45, 7) is 0. The number of carboxylic acids is 1. The molecule has 7 nitrogen and oxygen atoms in total. The summed E-state index contributed by atoms with van der Waals surface area (Å²) in [4.78, 5) is 27.8. The molecular formula is C7H6N4O3. The van der Waals surface area contributed by atoms with Crippen LogP contribution in [-0.2, 0) is 11.2 Å². The van der Waals surface area contributed by atoms with Gasteiger partial charge in [0.05, 0.1) is 6.20 Å². The van der Waals surface area contributed by atoms with Gasteiger partial charge in [-0.1, -0.05) is 0 Å². The molecule has 14 heavy (non-hydrogen) atoms. The van der Waals surface area contributed by atoms with E-state index in [0.29, 0.717) is 0 Å². The third-order valence-corrected chi connectivity index (χ3v) is 1.72. The minimum Gasteiger partial charge on any atom is -0.481 e. The zero-order chi connectivity index (χ0) is 10.1. The Morgan fingerprint density at radius 2 is 2.43 bits per heavy atom. The van der Waals surface area contributed by atoms with Crippen molar-refractivity contribution in [2.45, 2.75) is 6.42 Å². The number of nitrogens with one attached hydrogen (secondary N) is 1. The lowest BCUT2D eigenvalue weighted by atomic mass is 10.4. The summed E-state index contributed by atoms with van der Waals surface area (Å²) in [7, 11) is 0. The largest absolute Gasteiger partial charge is 0.481 e. The van der Waals surface area contributed by atoms with Crippen LogP contribution in [0.1, 0.15) is 5.82 Å². The topological polar surface area (TPSA) is 100 Å². The Labute approximate surface area is 77.0 Å². The normalized spacial score (nSPS) is 10.6. The molecule has 0 atom stereocenters. The first-order chi connectivity index (χ1) is 6.68. The van der Waals surface area contributed by atoms with Crippen LogP contribution in [0.2, 0.25) is 0 Å². The Hall–Kier alpha value is -2.18. The van der Waals surface area contributed by atoms with Crippen LogP contribution in [0.15, 0.2) is 17.3 Å². The maximum absolute atomic E-state index is 11.2. The minimum absolute atomic E-state index is 0.235. The summed E-state index contributed by atoms with van der Waals surface area (Å²) in [5, 5.41) is 12.3. The van der Waals surface area contributed by atoms with E-state index in [1.807, 2.05) is 0 Å². The minimum atomic E-state index is -1.01. The number of imidazole rings is 1. The number of carbonyl (C=O) groups is 1. The lowest BCUT2D eigenvalue weighted by Crippen LogP contribution is -2.13. The maximum atomic E-state index is 11.2. The van der Waals surface area contributed by atoms with E-state index in [9.17, 15) is 9.59 Å². The summed E-state index contributed by atoms with van der Waals surface area (Å²) in [6.07, 6.45) is 2.23. The summed E-state index contributed by atoms with van der Waals surface area (Å²) in [6, 6.07) is 0. The van der Waals surface area contributed by atoms with E-state index in [1.54, 1.807) is 0 Å². The summed E-state index contributed by atoms with van der Waals surface area (Å²) in [5.74, 6) is -0.779. The van der Waals surface area contributed by atoms with E-state index in [1.165, 1.54) is 17.0 Å². The van der Waals surface area contributed by atoms with E-state index in [2.05, 4.69) is 15.1 Å². The van der Waals surface area contributed by atoms with Crippen molar-refractivity contribution >= 4 is 11.5 Å². The van der Waals surface area contributed by atoms with Gasteiger partial charge in [0.2, 0.25) is 0 Å². The second-order valence-electron chi connectivity index (χ2n) is 2.66. The van der Waals surface area contributed by atoms with Gasteiger partial charge in [0.15, 0.2) is 5.52 Å². The van der Waals surface area contributed by atoms with Crippen LogP contribution < -0.4 is 5.56 Å². The molecule has 2 aromatic heterocycles. The SMILES string of the molecule is O=C(O)Cc1ncc2c(=O)[nH]cnn12. The first kappa shape index (κ1) is 8.42. The van der Waals surface area contributed by atoms with E-state index < -0.39 is 5.97 Å². The van der Waals surface area contributed by atoms with Gasteiger partial charge >= 0.3 is 5.97 Å². The number of carboxylic acid groups (broad SMARTS) is 1. The van der Waals surface area contributed by atoms with E-state index in [0.717, 1.165) is 0 Å². The van der Waals surface area contributed by atoms with Crippen LogP contribution in [0.3, 0.4) is 0 Å². The molecular weight excluding hydrogens is 188 g/mol. The fraction of sp³-hybridized carbons (Fsp3) is 0.143. The number of H-pyrrole nitrogens is 1. The molecule has 0 unspecified atom stereocenters. The highest BCUT2D eigenvalue weighted by Crippen LogP contribution is 1.99. The van der Waals surface area contributed by atoms with Crippen molar-refractivity contribution in [2.75, 3.05) is 0 Å². The van der Waals surface area contributed by atoms with Gasteiger partial charge in [-0.3, -0.25) is 9.59 Å². The van der Waals surface area contributed by atoms with E-state index in [-0.39, 0.29) is 23.3 Å². The highest BCUT2D eigenvalue weighted by atomic mass is 16.4. The van der Waals surface area contributed by atoms with Crippen LogP contribution in [-0.4, -0.2) is 30.7 Å². The van der Waals surface area contributed by atoms with Crippen LogP contribution in [0.5, 0.6) is 0 Å². The zero-order valence-electron chi connectivity index (χ0n) is 6.97. The van der Waals surface area contributed by atoms with Crippen molar-refractivity contribution in [1.29, 1.82) is 0 Å². The average Bonchev–Trinajstić information content (AvgIpc) is 2.49. The standard InChI is InChI=1S/C7H6N4O3/c12-6(13)1-5-8-2-4-7(14)9-3-10-11(4)5/h2-3H,1H2,(H,12,13)(H,9,10,14). The number of nitrogens with zero attached hydrogens (tertiary/aromatic N) is 3. The van der Waals surface area contributed by atoms with Gasteiger partial charge in [-0.05, 0) is 0 Å². The molecule has 0 fully saturated rings. The molecule has 0 spiro atoms. The molecule has 0 aliphatic carbocycles. The van der Waals surface area contributed by atoms with Crippen LogP contribution in [0.25, 0.3) is 5.52 Å². The van der Waals surface area contributed by atoms with Gasteiger partial charge in [0.25, 0.3) is 5.56 Å². The molecule has 0 radical (unpaired) electrons. The Morgan fingerprint density at radius 3 is 3.14 bits per heavy atom. The third-order valence-electron chi connectivity index (χ3n) is 1.72.